The number of phenols is 2. The van der Waals surface area contributed by atoms with E-state index in [-0.39, 0.29) is 79.8 Å². The van der Waals surface area contributed by atoms with Gasteiger partial charge in [-0.05, 0) is 66.9 Å². The Kier molecular flexibility index (Phi) is 20.0. The fourth-order valence-corrected chi connectivity index (χ4v) is 9.07. The molecule has 5 aromatic rings. The van der Waals surface area contributed by atoms with Gasteiger partial charge in [0.05, 0.1) is 77.2 Å². The molecule has 6 atom stereocenters. The van der Waals surface area contributed by atoms with Gasteiger partial charge in [-0.15, -0.1) is 5.10 Å². The van der Waals surface area contributed by atoms with Crippen molar-refractivity contribution in [2.24, 2.45) is 0 Å². The summed E-state index contributed by atoms with van der Waals surface area (Å²) in [5.41, 5.74) is 1.31. The van der Waals surface area contributed by atoms with Gasteiger partial charge in [0.2, 0.25) is 17.7 Å². The molecule has 8 rings (SSSR count). The van der Waals surface area contributed by atoms with Gasteiger partial charge in [0.25, 0.3) is 0 Å². The zero-order valence-corrected chi connectivity index (χ0v) is 43.1. The first-order valence-electron chi connectivity index (χ1n) is 25.7. The second-order valence-electron chi connectivity index (χ2n) is 18.8. The average molecular weight is 1120 g/mol. The number of nitrogens with one attached hydrogen (secondary N) is 3. The number of amides is 3. The number of esters is 1. The Labute approximate surface area is 457 Å². The summed E-state index contributed by atoms with van der Waals surface area (Å²) in [6.45, 7) is 1.48. The molecule has 1 aromatic heterocycles. The van der Waals surface area contributed by atoms with Gasteiger partial charge in [0.1, 0.15) is 65.8 Å². The monoisotopic (exact) mass is 1110 g/mol. The number of carboxylic acid groups (broad SMARTS) is 1. The van der Waals surface area contributed by atoms with Crippen LogP contribution in [0.3, 0.4) is 0 Å². The van der Waals surface area contributed by atoms with E-state index in [1.165, 1.54) is 35.0 Å². The summed E-state index contributed by atoms with van der Waals surface area (Å²) in [6.07, 6.45) is -5.14. The first kappa shape index (κ1) is 58.4. The van der Waals surface area contributed by atoms with Crippen molar-refractivity contribution in [1.82, 2.24) is 25.6 Å². The van der Waals surface area contributed by atoms with Crippen molar-refractivity contribution in [3.05, 3.63) is 119 Å². The quantitative estimate of drug-likeness (QED) is 0.0234. The number of aliphatic carboxylic acids is 1. The number of benzene rings is 4. The van der Waals surface area contributed by atoms with Crippen molar-refractivity contribution in [2.75, 3.05) is 71.3 Å². The second-order valence-corrected chi connectivity index (χ2v) is 18.8. The smallest absolute Gasteiger partial charge is 0.340 e. The highest BCUT2D eigenvalue weighted by Crippen LogP contribution is 2.57. The highest BCUT2D eigenvalue weighted by Gasteiger charge is 2.54. The van der Waals surface area contributed by atoms with Crippen molar-refractivity contribution >= 4 is 35.3 Å². The molecule has 80 heavy (non-hydrogen) atoms. The summed E-state index contributed by atoms with van der Waals surface area (Å²) in [6, 6.07) is 19.4. The van der Waals surface area contributed by atoms with Crippen molar-refractivity contribution in [3.8, 4) is 28.7 Å². The van der Waals surface area contributed by atoms with Crippen LogP contribution in [0.25, 0.3) is 0 Å². The maximum absolute atomic E-state index is 13.6. The van der Waals surface area contributed by atoms with Crippen LogP contribution in [-0.2, 0) is 72.6 Å². The average Bonchev–Trinajstić information content (AvgIpc) is 4.20. The fourth-order valence-electron chi connectivity index (χ4n) is 9.07. The molecule has 0 saturated carbocycles. The van der Waals surface area contributed by atoms with E-state index in [0.29, 0.717) is 74.1 Å². The van der Waals surface area contributed by atoms with Gasteiger partial charge < -0.3 is 89.6 Å². The van der Waals surface area contributed by atoms with Gasteiger partial charge in [-0.1, -0.05) is 23.4 Å². The highest BCUT2D eigenvalue weighted by molar-refractivity contribution is 6.01. The minimum Gasteiger partial charge on any atom is -0.508 e. The number of aromatic nitrogens is 3. The number of nitrogens with zero attached hydrogens (tertiary/aromatic N) is 3. The van der Waals surface area contributed by atoms with E-state index in [2.05, 4.69) is 26.3 Å². The SMILES string of the molecule is O=C(O)CCCC(=O)N[C@@H](Cc1cn(CCOCCOCCOCCOc2ccc(CCO[C@@H]3O[C@H](CO)C(O)[C@H](O)[C@H]3O)cc2)nn1)C(=O)NCC(=O)Nc1ccc2c(c1)C(=O)OC21c2ccc(O)cc2Oc2cc(O)ccc21. The summed E-state index contributed by atoms with van der Waals surface area (Å²) in [7, 11) is 0. The Morgan fingerprint density at radius 2 is 1.41 bits per heavy atom. The number of anilines is 1. The predicted molar refractivity (Wildman–Crippen MR) is 275 cm³/mol. The number of phenolic OH excluding ortho intramolecular Hbond substituents is 2. The summed E-state index contributed by atoms with van der Waals surface area (Å²) in [4.78, 5) is 64.2. The molecule has 3 aliphatic rings. The van der Waals surface area contributed by atoms with Gasteiger partial charge in [0.15, 0.2) is 11.9 Å². The molecular weight excluding hydrogens is 1050 g/mol. The standard InChI is InChI=1S/C54H62N6O20/c61-30-44-48(68)49(69)50(70)53(79-44)77-16-14-31-4-9-36(10-5-31)76-23-22-75-21-20-74-19-18-73-17-15-60-29-33(58-59-60)25-41(57-45(64)2-1-3-47(66)67)51(71)55-28-46(65)56-32-6-11-38-37(24-32)52(72)80-54(38)39-12-7-34(62)26-42(39)78-43-27-35(63)8-13-40(43)54/h4-13,24,26-27,29,41,44,48-50,53,61-63,68-70H,1-3,14-23,25,28,30H2,(H,55,71)(H,56,65)(H,57,64)(H,66,67)/t41-,44+,48?,49-,50+,53+/m0/s1. The molecule has 0 aliphatic carbocycles. The largest absolute Gasteiger partial charge is 0.508 e. The van der Waals surface area contributed by atoms with Crippen molar-refractivity contribution in [1.29, 1.82) is 0 Å². The Hall–Kier alpha value is -7.79. The number of carbonyl (C=O) groups is 5. The molecule has 4 aromatic carbocycles. The second kappa shape index (κ2) is 27.4. The van der Waals surface area contributed by atoms with Gasteiger partial charge in [-0.2, -0.15) is 0 Å². The number of aromatic hydroxyl groups is 2. The number of aliphatic hydroxyl groups excluding tert-OH is 4. The van der Waals surface area contributed by atoms with Crippen molar-refractivity contribution in [2.45, 2.75) is 81.0 Å². The van der Waals surface area contributed by atoms with E-state index in [1.54, 1.807) is 42.6 Å². The molecule has 26 heteroatoms. The minimum absolute atomic E-state index is 0.0279. The molecule has 1 unspecified atom stereocenters. The third kappa shape index (κ3) is 14.7. The highest BCUT2D eigenvalue weighted by atomic mass is 16.7. The van der Waals surface area contributed by atoms with Crippen LogP contribution in [0.2, 0.25) is 0 Å². The molecule has 428 valence electrons. The molecule has 0 bridgehead atoms. The minimum atomic E-state index is -1.51. The number of hydrogen-bond acceptors (Lipinski definition) is 21. The van der Waals surface area contributed by atoms with E-state index in [4.69, 9.17) is 43.0 Å². The topological polar surface area (TPSA) is 368 Å². The summed E-state index contributed by atoms with van der Waals surface area (Å²) in [5.74, 6) is -2.96. The molecule has 1 spiro atoms. The zero-order chi connectivity index (χ0) is 56.8. The van der Waals surface area contributed by atoms with Crippen LogP contribution in [0, 0.1) is 0 Å². The molecule has 0 radical (unpaired) electrons. The first-order valence-corrected chi connectivity index (χ1v) is 25.7. The van der Waals surface area contributed by atoms with Gasteiger partial charge in [-0.3, -0.25) is 19.2 Å². The van der Waals surface area contributed by atoms with Crippen LogP contribution in [0.5, 0.6) is 28.7 Å². The maximum atomic E-state index is 13.6. The number of ether oxygens (including phenoxy) is 8. The number of rotatable bonds is 29. The lowest BCUT2D eigenvalue weighted by Gasteiger charge is -2.39. The van der Waals surface area contributed by atoms with Crippen molar-refractivity contribution in [3.63, 3.8) is 0 Å². The number of hydrogen-bond donors (Lipinski definition) is 10. The number of fused-ring (bicyclic) bond motifs is 6. The Balaban J connectivity index is 0.726. The summed E-state index contributed by atoms with van der Waals surface area (Å²) < 4.78 is 47.0. The summed E-state index contributed by atoms with van der Waals surface area (Å²) in [5, 5.41) is 84.8. The third-order valence-electron chi connectivity index (χ3n) is 13.1. The van der Waals surface area contributed by atoms with E-state index >= 15 is 0 Å². The molecule has 4 heterocycles. The van der Waals surface area contributed by atoms with E-state index in [9.17, 15) is 54.6 Å². The molecule has 10 N–H and O–H groups in total. The summed E-state index contributed by atoms with van der Waals surface area (Å²) >= 11 is 0. The van der Waals surface area contributed by atoms with Crippen LogP contribution < -0.4 is 25.4 Å². The van der Waals surface area contributed by atoms with Crippen LogP contribution in [-0.4, -0.2) is 183 Å². The molecule has 1 saturated heterocycles. The van der Waals surface area contributed by atoms with E-state index in [0.717, 1.165) is 5.56 Å². The first-order chi connectivity index (χ1) is 38.6. The lowest BCUT2D eigenvalue weighted by Crippen LogP contribution is -2.59. The van der Waals surface area contributed by atoms with Gasteiger partial charge in [0, 0.05) is 60.0 Å². The number of carboxylic acids is 1. The van der Waals surface area contributed by atoms with E-state index < -0.39 is 85.2 Å². The Bertz CT molecular complexity index is 2900. The Morgan fingerprint density at radius 1 is 0.750 bits per heavy atom. The molecule has 1 fully saturated rings. The fraction of sp³-hybridized carbons (Fsp3) is 0.426. The third-order valence-corrected chi connectivity index (χ3v) is 13.1. The van der Waals surface area contributed by atoms with E-state index in [1.807, 2.05) is 12.1 Å². The number of carbonyl (C=O) groups excluding carboxylic acids is 4. The number of aliphatic hydroxyl groups is 4. The van der Waals surface area contributed by atoms with Crippen LogP contribution in [0.4, 0.5) is 5.69 Å². The maximum Gasteiger partial charge on any atom is 0.340 e. The van der Waals surface area contributed by atoms with Crippen LogP contribution in [0.1, 0.15) is 57.6 Å². The normalized spacial score (nSPS) is 18.9. The van der Waals surface area contributed by atoms with Crippen LogP contribution in [0.15, 0.2) is 85.1 Å². The van der Waals surface area contributed by atoms with Crippen molar-refractivity contribution < 1.29 is 97.6 Å². The van der Waals surface area contributed by atoms with Gasteiger partial charge >= 0.3 is 11.9 Å². The predicted octanol–water partition coefficient (Wildman–Crippen LogP) is 0.782. The zero-order valence-electron chi connectivity index (χ0n) is 43.1. The lowest BCUT2D eigenvalue weighted by atomic mass is 9.77. The lowest BCUT2D eigenvalue weighted by molar-refractivity contribution is -0.300. The molecule has 26 nitrogen and oxygen atoms in total. The van der Waals surface area contributed by atoms with Gasteiger partial charge in [-0.25, -0.2) is 9.48 Å². The molecule has 3 aliphatic heterocycles. The molecular formula is C54H62N6O20. The Morgan fingerprint density at radius 3 is 2.09 bits per heavy atom. The molecule has 3 amide bonds. The van der Waals surface area contributed by atoms with Crippen LogP contribution >= 0.6 is 0 Å².